The van der Waals surface area contributed by atoms with E-state index in [-0.39, 0.29) is 11.9 Å². The van der Waals surface area contributed by atoms with Gasteiger partial charge in [0.1, 0.15) is 5.15 Å². The fraction of sp³-hybridized carbons (Fsp3) is 0.292. The molecule has 7 heteroatoms. The predicted octanol–water partition coefficient (Wildman–Crippen LogP) is 4.16. The summed E-state index contributed by atoms with van der Waals surface area (Å²) in [4.78, 5) is 15.2. The highest BCUT2D eigenvalue weighted by atomic mass is 35.5. The number of hydrogen-bond acceptors (Lipinski definition) is 4. The fourth-order valence-corrected chi connectivity index (χ4v) is 4.28. The molecule has 3 aromatic rings. The Kier molecular flexibility index (Phi) is 6.24. The lowest BCUT2D eigenvalue weighted by molar-refractivity contribution is 0.0930. The van der Waals surface area contributed by atoms with Crippen molar-refractivity contribution < 1.29 is 4.79 Å². The molecule has 1 aliphatic rings. The summed E-state index contributed by atoms with van der Waals surface area (Å²) >= 11 is 6.53. The highest BCUT2D eigenvalue weighted by Crippen LogP contribution is 2.23. The van der Waals surface area contributed by atoms with Crippen molar-refractivity contribution in [3.05, 3.63) is 82.1 Å². The van der Waals surface area contributed by atoms with Gasteiger partial charge >= 0.3 is 0 Å². The molecule has 0 radical (unpaired) electrons. The van der Waals surface area contributed by atoms with E-state index in [0.29, 0.717) is 28.5 Å². The van der Waals surface area contributed by atoms with Crippen molar-refractivity contribution in [1.29, 1.82) is 5.26 Å². The van der Waals surface area contributed by atoms with Crippen LogP contribution in [0.25, 0.3) is 0 Å². The van der Waals surface area contributed by atoms with E-state index in [1.54, 1.807) is 4.68 Å². The molecular formula is C24H24ClN5O. The van der Waals surface area contributed by atoms with Crippen LogP contribution in [0.4, 0.5) is 5.69 Å². The van der Waals surface area contributed by atoms with Gasteiger partial charge in [-0.2, -0.15) is 10.4 Å². The van der Waals surface area contributed by atoms with Crippen molar-refractivity contribution >= 4 is 23.2 Å². The van der Waals surface area contributed by atoms with Crippen molar-refractivity contribution in [1.82, 2.24) is 15.1 Å². The van der Waals surface area contributed by atoms with Gasteiger partial charge < -0.3 is 10.2 Å². The van der Waals surface area contributed by atoms with Crippen molar-refractivity contribution in [2.45, 2.75) is 32.4 Å². The first-order valence-corrected chi connectivity index (χ1v) is 10.8. The molecule has 2 aromatic carbocycles. The largest absolute Gasteiger partial charge is 0.371 e. The lowest BCUT2D eigenvalue weighted by Gasteiger charge is -2.34. The maximum Gasteiger partial charge on any atom is 0.256 e. The minimum absolute atomic E-state index is 0.0927. The summed E-state index contributed by atoms with van der Waals surface area (Å²) in [6.45, 7) is 4.03. The summed E-state index contributed by atoms with van der Waals surface area (Å²) in [6.07, 6.45) is 1.70. The second-order valence-corrected chi connectivity index (χ2v) is 8.15. The van der Waals surface area contributed by atoms with Crippen LogP contribution in [0, 0.1) is 18.3 Å². The van der Waals surface area contributed by atoms with Gasteiger partial charge in [-0.05, 0) is 49.6 Å². The number of carbonyl (C=O) groups excluding carboxylic acids is 1. The predicted molar refractivity (Wildman–Crippen MR) is 121 cm³/mol. The maximum atomic E-state index is 12.9. The number of piperidine rings is 1. The average molecular weight is 434 g/mol. The van der Waals surface area contributed by atoms with Gasteiger partial charge in [-0.1, -0.05) is 41.9 Å². The van der Waals surface area contributed by atoms with Crippen LogP contribution in [-0.4, -0.2) is 34.8 Å². The van der Waals surface area contributed by atoms with E-state index < -0.39 is 0 Å². The molecule has 1 aliphatic heterocycles. The number of hydrogen-bond donors (Lipinski definition) is 1. The van der Waals surface area contributed by atoms with Crippen molar-refractivity contribution in [3.63, 3.8) is 0 Å². The Balaban J connectivity index is 1.37. The summed E-state index contributed by atoms with van der Waals surface area (Å²) in [5.41, 5.74) is 3.92. The van der Waals surface area contributed by atoms with Gasteiger partial charge in [0.2, 0.25) is 0 Å². The summed E-state index contributed by atoms with van der Waals surface area (Å²) in [5.74, 6) is -0.168. The molecule has 0 saturated carbocycles. The van der Waals surface area contributed by atoms with Crippen molar-refractivity contribution in [2.24, 2.45) is 0 Å². The molecule has 1 amide bonds. The number of amides is 1. The molecule has 6 nitrogen and oxygen atoms in total. The number of nitrogens with one attached hydrogen (secondary N) is 1. The first-order chi connectivity index (χ1) is 15.0. The normalized spacial score (nSPS) is 14.3. The van der Waals surface area contributed by atoms with Gasteiger partial charge in [0.05, 0.1) is 29.4 Å². The lowest BCUT2D eigenvalue weighted by atomic mass is 10.0. The van der Waals surface area contributed by atoms with Crippen LogP contribution < -0.4 is 10.2 Å². The maximum absolute atomic E-state index is 12.9. The molecular weight excluding hydrogens is 410 g/mol. The van der Waals surface area contributed by atoms with Gasteiger partial charge in [0.25, 0.3) is 5.91 Å². The van der Waals surface area contributed by atoms with E-state index >= 15 is 0 Å². The van der Waals surface area contributed by atoms with Crippen molar-refractivity contribution in [3.8, 4) is 6.07 Å². The van der Waals surface area contributed by atoms with Gasteiger partial charge in [-0.3, -0.25) is 4.79 Å². The number of aryl methyl sites for hydroxylation is 1. The fourth-order valence-electron chi connectivity index (χ4n) is 3.96. The number of halogens is 1. The van der Waals surface area contributed by atoms with Crippen LogP contribution in [0.3, 0.4) is 0 Å². The molecule has 0 bridgehead atoms. The summed E-state index contributed by atoms with van der Waals surface area (Å²) in [7, 11) is 0. The second kappa shape index (κ2) is 9.23. The Morgan fingerprint density at radius 2 is 1.84 bits per heavy atom. The molecule has 158 valence electrons. The van der Waals surface area contributed by atoms with Gasteiger partial charge in [0, 0.05) is 24.8 Å². The molecule has 0 unspecified atom stereocenters. The standard InChI is InChI=1S/C24H24ClN5O/c1-17-22(23(25)30(28-17)16-19-5-3-2-4-6-19)24(31)27-20-11-13-29(14-12-20)21-9-7-18(15-26)8-10-21/h2-10,20H,11-14,16H2,1H3,(H,27,31). The Morgan fingerprint density at radius 3 is 2.48 bits per heavy atom. The zero-order valence-corrected chi connectivity index (χ0v) is 18.1. The first kappa shape index (κ1) is 21.0. The monoisotopic (exact) mass is 433 g/mol. The molecule has 31 heavy (non-hydrogen) atoms. The Morgan fingerprint density at radius 1 is 1.16 bits per heavy atom. The number of benzene rings is 2. The number of nitriles is 1. The molecule has 0 spiro atoms. The average Bonchev–Trinajstić information content (AvgIpc) is 3.08. The minimum atomic E-state index is -0.168. The van der Waals surface area contributed by atoms with Gasteiger partial charge in [0.15, 0.2) is 0 Å². The lowest BCUT2D eigenvalue weighted by Crippen LogP contribution is -2.44. The highest BCUT2D eigenvalue weighted by molar-refractivity contribution is 6.33. The molecule has 1 N–H and O–H groups in total. The first-order valence-electron chi connectivity index (χ1n) is 10.4. The summed E-state index contributed by atoms with van der Waals surface area (Å²) in [5, 5.41) is 16.9. The van der Waals surface area contributed by atoms with Crippen LogP contribution in [0.1, 0.15) is 40.0 Å². The van der Waals surface area contributed by atoms with Crippen LogP contribution >= 0.6 is 11.6 Å². The quantitative estimate of drug-likeness (QED) is 0.655. The van der Waals surface area contributed by atoms with Crippen LogP contribution in [0.2, 0.25) is 5.15 Å². The molecule has 1 fully saturated rings. The third-order valence-electron chi connectivity index (χ3n) is 5.66. The Hall–Kier alpha value is -3.30. The zero-order valence-electron chi connectivity index (χ0n) is 17.4. The molecule has 4 rings (SSSR count). The van der Waals surface area contributed by atoms with Crippen LogP contribution in [0.15, 0.2) is 54.6 Å². The van der Waals surface area contributed by atoms with E-state index in [2.05, 4.69) is 21.4 Å². The van der Waals surface area contributed by atoms with E-state index in [9.17, 15) is 4.79 Å². The molecule has 1 saturated heterocycles. The number of anilines is 1. The van der Waals surface area contributed by atoms with Gasteiger partial charge in [-0.15, -0.1) is 0 Å². The van der Waals surface area contributed by atoms with Crippen LogP contribution in [-0.2, 0) is 6.54 Å². The third kappa shape index (κ3) is 4.73. The number of rotatable bonds is 5. The summed E-state index contributed by atoms with van der Waals surface area (Å²) in [6, 6.07) is 19.8. The highest BCUT2D eigenvalue weighted by Gasteiger charge is 2.25. The molecule has 1 aromatic heterocycles. The molecule has 2 heterocycles. The smallest absolute Gasteiger partial charge is 0.256 e. The van der Waals surface area contributed by atoms with E-state index in [4.69, 9.17) is 16.9 Å². The van der Waals surface area contributed by atoms with E-state index in [0.717, 1.165) is 37.2 Å². The minimum Gasteiger partial charge on any atom is -0.371 e. The Bertz CT molecular complexity index is 1090. The van der Waals surface area contributed by atoms with Crippen molar-refractivity contribution in [2.75, 3.05) is 18.0 Å². The summed E-state index contributed by atoms with van der Waals surface area (Å²) < 4.78 is 1.68. The van der Waals surface area contributed by atoms with E-state index in [1.165, 1.54) is 0 Å². The molecule has 0 atom stereocenters. The third-order valence-corrected chi connectivity index (χ3v) is 6.04. The number of aromatic nitrogens is 2. The Labute approximate surface area is 187 Å². The van der Waals surface area contributed by atoms with E-state index in [1.807, 2.05) is 61.5 Å². The number of nitrogens with zero attached hydrogens (tertiary/aromatic N) is 4. The molecule has 0 aliphatic carbocycles. The second-order valence-electron chi connectivity index (χ2n) is 7.79. The topological polar surface area (TPSA) is 74.0 Å². The van der Waals surface area contributed by atoms with Gasteiger partial charge in [-0.25, -0.2) is 4.68 Å². The SMILES string of the molecule is Cc1nn(Cc2ccccc2)c(Cl)c1C(=O)NC1CCN(c2ccc(C#N)cc2)CC1. The number of carbonyl (C=O) groups is 1. The zero-order chi connectivity index (χ0) is 21.8. The van der Waals surface area contributed by atoms with Crippen LogP contribution in [0.5, 0.6) is 0 Å².